The molecule has 0 aromatic heterocycles. The van der Waals surface area contributed by atoms with Gasteiger partial charge in [0.2, 0.25) is 0 Å². The molecule has 1 atom stereocenters. The molecule has 0 saturated carbocycles. The van der Waals surface area contributed by atoms with Crippen LogP contribution in [0.25, 0.3) is 0 Å². The number of hydrogen-bond donors (Lipinski definition) is 0. The molecule has 54 valence electrons. The molecule has 1 unspecified atom stereocenters. The Morgan fingerprint density at radius 2 is 2.11 bits per heavy atom. The highest BCUT2D eigenvalue weighted by molar-refractivity contribution is 7.38. The first-order valence-corrected chi connectivity index (χ1v) is 4.51. The van der Waals surface area contributed by atoms with Gasteiger partial charge in [0.25, 0.3) is 0 Å². The molecule has 0 radical (unpaired) electrons. The van der Waals surface area contributed by atoms with Crippen molar-refractivity contribution in [3.8, 4) is 0 Å². The third kappa shape index (κ3) is 8.02. The average Bonchev–Trinajstić information content (AvgIpc) is 1.80. The Hall–Kier alpha value is 0.0200. The second-order valence-corrected chi connectivity index (χ2v) is 2.61. The van der Waals surface area contributed by atoms with E-state index >= 15 is 0 Å². The van der Waals surface area contributed by atoms with Gasteiger partial charge in [-0.3, -0.25) is 0 Å². The summed E-state index contributed by atoms with van der Waals surface area (Å²) in [6, 6.07) is 0. The first-order valence-electron chi connectivity index (χ1n) is 2.89. The van der Waals surface area contributed by atoms with Gasteiger partial charge in [-0.25, -0.2) is 0 Å². The average molecular weight is 151 g/mol. The summed E-state index contributed by atoms with van der Waals surface area (Å²) in [4.78, 5) is 0. The lowest BCUT2D eigenvalue weighted by Crippen LogP contribution is -1.99. The molecule has 0 rings (SSSR count). The molecule has 0 fully saturated rings. The van der Waals surface area contributed by atoms with Gasteiger partial charge < -0.3 is 4.74 Å². The van der Waals surface area contributed by atoms with Crippen LogP contribution < -0.4 is 0 Å². The van der Waals surface area contributed by atoms with E-state index in [1.165, 1.54) is 6.66 Å². The van der Waals surface area contributed by atoms with Gasteiger partial charge in [-0.1, -0.05) is 0 Å². The van der Waals surface area contributed by atoms with E-state index in [-0.39, 0.29) is 0 Å². The minimum atomic E-state index is -1.45. The van der Waals surface area contributed by atoms with Gasteiger partial charge in [0.15, 0.2) is 6.66 Å². The molecule has 0 N–H and O–H groups in total. The van der Waals surface area contributed by atoms with E-state index in [0.717, 1.165) is 0 Å². The van der Waals surface area contributed by atoms with E-state index in [4.69, 9.17) is 9.26 Å². The molecular weight excluding hydrogens is 139 g/mol. The number of ether oxygens (including phenoxy) is 1. The van der Waals surface area contributed by atoms with E-state index in [1.807, 2.05) is 6.92 Å². The maximum atomic E-state index is 10.3. The third-order valence-corrected chi connectivity index (χ3v) is 1.25. The Bertz CT molecular complexity index is 84.3. The third-order valence-electron chi connectivity index (χ3n) is 0.705. The van der Waals surface area contributed by atoms with Crippen molar-refractivity contribution in [3.63, 3.8) is 0 Å². The van der Waals surface area contributed by atoms with Gasteiger partial charge >= 0.3 is 8.03 Å². The van der Waals surface area contributed by atoms with Crippen molar-refractivity contribution >= 4 is 8.03 Å². The van der Waals surface area contributed by atoms with Crippen LogP contribution in [-0.4, -0.2) is 26.5 Å². The van der Waals surface area contributed by atoms with Crippen LogP contribution in [0.15, 0.2) is 0 Å². The van der Waals surface area contributed by atoms with Crippen LogP contribution in [0.1, 0.15) is 6.92 Å². The van der Waals surface area contributed by atoms with Gasteiger partial charge in [0, 0.05) is 6.61 Å². The van der Waals surface area contributed by atoms with Crippen molar-refractivity contribution in [1.82, 2.24) is 0 Å². The van der Waals surface area contributed by atoms with Gasteiger partial charge in [0.1, 0.15) is 6.61 Å². The highest BCUT2D eigenvalue weighted by Gasteiger charge is 2.04. The molecule has 0 spiro atoms. The van der Waals surface area contributed by atoms with Crippen molar-refractivity contribution in [1.29, 1.82) is 0 Å². The molecule has 9 heavy (non-hydrogen) atoms. The zero-order valence-electron chi connectivity index (χ0n) is 5.79. The molecule has 3 nitrogen and oxygen atoms in total. The largest absolute Gasteiger partial charge is 0.504 e. The zero-order valence-corrected chi connectivity index (χ0v) is 6.69. The second-order valence-electron chi connectivity index (χ2n) is 1.47. The van der Waals surface area contributed by atoms with Crippen LogP contribution in [0.4, 0.5) is 0 Å². The summed E-state index contributed by atoms with van der Waals surface area (Å²) in [5.41, 5.74) is 0. The summed E-state index contributed by atoms with van der Waals surface area (Å²) in [6.07, 6.45) is 0. The molecule has 0 aromatic rings. The predicted molar refractivity (Wildman–Crippen MR) is 36.0 cm³/mol. The Morgan fingerprint density at radius 1 is 1.44 bits per heavy atom. The van der Waals surface area contributed by atoms with Crippen LogP contribution in [0.3, 0.4) is 0 Å². The van der Waals surface area contributed by atoms with Crippen LogP contribution in [0.5, 0.6) is 0 Å². The Balaban J connectivity index is 2.83. The van der Waals surface area contributed by atoms with Gasteiger partial charge in [-0.15, -0.1) is 4.52 Å². The van der Waals surface area contributed by atoms with Crippen molar-refractivity contribution in [2.45, 2.75) is 6.92 Å². The Labute approximate surface area is 56.2 Å². The predicted octanol–water partition coefficient (Wildman–Crippen LogP) is 1.41. The van der Waals surface area contributed by atoms with Crippen LogP contribution in [0.2, 0.25) is 0 Å². The SMILES string of the molecule is CCOCCO[P+](C)=O. The minimum absolute atomic E-state index is 0.430. The lowest BCUT2D eigenvalue weighted by Gasteiger charge is -1.92. The van der Waals surface area contributed by atoms with Crippen molar-refractivity contribution in [2.75, 3.05) is 26.5 Å². The Kier molecular flexibility index (Phi) is 6.16. The van der Waals surface area contributed by atoms with Gasteiger partial charge in [-0.2, -0.15) is 0 Å². The quantitative estimate of drug-likeness (QED) is 0.440. The fourth-order valence-corrected chi connectivity index (χ4v) is 0.701. The highest BCUT2D eigenvalue weighted by atomic mass is 31.1. The Morgan fingerprint density at radius 3 is 2.56 bits per heavy atom. The maximum absolute atomic E-state index is 10.3. The zero-order chi connectivity index (χ0) is 7.11. The summed E-state index contributed by atoms with van der Waals surface area (Å²) >= 11 is 0. The molecule has 0 bridgehead atoms. The molecule has 0 saturated heterocycles. The summed E-state index contributed by atoms with van der Waals surface area (Å²) in [5, 5.41) is 0. The molecule has 0 aliphatic carbocycles. The normalized spacial score (nSPS) is 11.6. The van der Waals surface area contributed by atoms with Crippen LogP contribution in [0, 0.1) is 0 Å². The maximum Gasteiger partial charge on any atom is 0.504 e. The lowest BCUT2D eigenvalue weighted by molar-refractivity contribution is 0.113. The highest BCUT2D eigenvalue weighted by Crippen LogP contribution is 2.13. The summed E-state index contributed by atoms with van der Waals surface area (Å²) in [6.45, 7) is 5.09. The first-order chi connectivity index (χ1) is 4.27. The van der Waals surface area contributed by atoms with Crippen molar-refractivity contribution < 1.29 is 13.8 Å². The summed E-state index contributed by atoms with van der Waals surface area (Å²) < 4.78 is 19.9. The van der Waals surface area contributed by atoms with Gasteiger partial charge in [0.05, 0.1) is 6.61 Å². The first kappa shape index (κ1) is 9.02. The summed E-state index contributed by atoms with van der Waals surface area (Å²) in [7, 11) is -1.45. The standard InChI is InChI=1S/C5H12O3P/c1-3-7-4-5-8-9(2)6/h3-5H2,1-2H3/q+1. The monoisotopic (exact) mass is 151 g/mol. The molecule has 4 heteroatoms. The van der Waals surface area contributed by atoms with Crippen molar-refractivity contribution in [2.24, 2.45) is 0 Å². The molecule has 0 amide bonds. The number of hydrogen-bond acceptors (Lipinski definition) is 3. The molecule has 0 heterocycles. The molecule has 0 aliphatic rings. The topological polar surface area (TPSA) is 35.5 Å². The second kappa shape index (κ2) is 6.14. The minimum Gasteiger partial charge on any atom is -0.379 e. The van der Waals surface area contributed by atoms with E-state index in [1.54, 1.807) is 0 Å². The van der Waals surface area contributed by atoms with Gasteiger partial charge in [-0.05, 0) is 11.5 Å². The number of rotatable bonds is 5. The molecular formula is C5H12O3P+. The smallest absolute Gasteiger partial charge is 0.379 e. The fourth-order valence-electron chi connectivity index (χ4n) is 0.369. The van der Waals surface area contributed by atoms with Crippen molar-refractivity contribution in [3.05, 3.63) is 0 Å². The molecule has 0 aliphatic heterocycles. The van der Waals surface area contributed by atoms with Crippen LogP contribution >= 0.6 is 8.03 Å². The molecule has 0 aromatic carbocycles. The summed E-state index contributed by atoms with van der Waals surface area (Å²) in [5.74, 6) is 0. The van der Waals surface area contributed by atoms with E-state index < -0.39 is 8.03 Å². The van der Waals surface area contributed by atoms with E-state index in [0.29, 0.717) is 19.8 Å². The fraction of sp³-hybridized carbons (Fsp3) is 1.00. The van der Waals surface area contributed by atoms with E-state index in [9.17, 15) is 4.57 Å². The lowest BCUT2D eigenvalue weighted by atomic mass is 10.8. The van der Waals surface area contributed by atoms with Crippen LogP contribution in [-0.2, 0) is 13.8 Å². The van der Waals surface area contributed by atoms with E-state index in [2.05, 4.69) is 0 Å².